The van der Waals surface area contributed by atoms with Gasteiger partial charge in [0.15, 0.2) is 0 Å². The van der Waals surface area contributed by atoms with Gasteiger partial charge in [0.2, 0.25) is 10.0 Å². The van der Waals surface area contributed by atoms with Crippen molar-refractivity contribution < 1.29 is 35.9 Å². The smallest absolute Gasteiger partial charge is 0.338 e. The molecular formula is C31H23F3N4O5S. The number of benzene rings is 3. The first-order chi connectivity index (χ1) is 21.1. The molecule has 13 heteroatoms. The van der Waals surface area contributed by atoms with E-state index in [2.05, 4.69) is 20.0 Å². The minimum atomic E-state index is -4.18. The molecule has 1 saturated carbocycles. The van der Waals surface area contributed by atoms with E-state index in [-0.39, 0.29) is 50.3 Å². The predicted molar refractivity (Wildman–Crippen MR) is 156 cm³/mol. The Bertz CT molecular complexity index is 2000. The maximum absolute atomic E-state index is 16.0. The van der Waals surface area contributed by atoms with Crippen molar-refractivity contribution in [2.24, 2.45) is 0 Å². The quantitative estimate of drug-likeness (QED) is 0.180. The molecule has 2 aromatic heterocycles. The Morgan fingerprint density at radius 1 is 0.932 bits per heavy atom. The van der Waals surface area contributed by atoms with Crippen LogP contribution in [0.3, 0.4) is 0 Å². The van der Waals surface area contributed by atoms with E-state index in [1.165, 1.54) is 24.3 Å². The molecule has 1 aliphatic carbocycles. The fourth-order valence-corrected chi connectivity index (χ4v) is 6.02. The molecule has 3 aromatic carbocycles. The van der Waals surface area contributed by atoms with E-state index in [1.54, 1.807) is 30.6 Å². The minimum absolute atomic E-state index is 0.0393. The van der Waals surface area contributed by atoms with Gasteiger partial charge in [0.1, 0.15) is 33.8 Å². The molecule has 0 saturated heterocycles. The van der Waals surface area contributed by atoms with Crippen molar-refractivity contribution in [1.29, 1.82) is 0 Å². The summed E-state index contributed by atoms with van der Waals surface area (Å²) >= 11 is 0. The lowest BCUT2D eigenvalue weighted by Crippen LogP contribution is -2.26. The summed E-state index contributed by atoms with van der Waals surface area (Å²) in [4.78, 5) is 20.5. The van der Waals surface area contributed by atoms with Crippen molar-refractivity contribution in [3.63, 3.8) is 0 Å². The zero-order valence-corrected chi connectivity index (χ0v) is 23.8. The Morgan fingerprint density at radius 3 is 2.36 bits per heavy atom. The first-order valence-electron chi connectivity index (χ1n) is 13.3. The summed E-state index contributed by atoms with van der Waals surface area (Å²) in [5.74, 6) is -3.56. The predicted octanol–water partition coefficient (Wildman–Crippen LogP) is 6.48. The number of halogens is 3. The molecule has 5 aromatic rings. The normalized spacial score (nSPS) is 13.1. The SMILES string of the molecule is COC(=O)c1cc(Nc2c(S(=O)(=O)NC3CC3)cnc3cc(-c4cccnc4)cc(F)c23)cc(Oc2cc(F)cc(F)c2)c1. The Balaban J connectivity index is 1.50. The molecule has 224 valence electrons. The van der Waals surface area contributed by atoms with Crippen molar-refractivity contribution in [3.8, 4) is 22.6 Å². The summed E-state index contributed by atoms with van der Waals surface area (Å²) in [6.45, 7) is 0. The third-order valence-corrected chi connectivity index (χ3v) is 8.27. The molecule has 0 spiro atoms. The fraction of sp³-hybridized carbons (Fsp3) is 0.129. The third-order valence-electron chi connectivity index (χ3n) is 6.74. The highest BCUT2D eigenvalue weighted by molar-refractivity contribution is 7.89. The van der Waals surface area contributed by atoms with Gasteiger partial charge >= 0.3 is 5.97 Å². The van der Waals surface area contributed by atoms with Gasteiger partial charge in [-0.05, 0) is 48.7 Å². The highest BCUT2D eigenvalue weighted by Crippen LogP contribution is 2.38. The molecule has 1 fully saturated rings. The number of aromatic nitrogens is 2. The summed E-state index contributed by atoms with van der Waals surface area (Å²) in [6, 6.07) is 12.6. The molecule has 2 heterocycles. The van der Waals surface area contributed by atoms with Gasteiger partial charge in [-0.1, -0.05) is 6.07 Å². The van der Waals surface area contributed by atoms with Crippen LogP contribution < -0.4 is 14.8 Å². The van der Waals surface area contributed by atoms with E-state index in [4.69, 9.17) is 9.47 Å². The van der Waals surface area contributed by atoms with Crippen LogP contribution in [0.1, 0.15) is 23.2 Å². The molecule has 2 N–H and O–H groups in total. The lowest BCUT2D eigenvalue weighted by molar-refractivity contribution is 0.0600. The Hall–Kier alpha value is -5.01. The van der Waals surface area contributed by atoms with Crippen LogP contribution in [0.15, 0.2) is 84.1 Å². The number of methoxy groups -OCH3 is 1. The summed E-state index contributed by atoms with van der Waals surface area (Å²) in [5.41, 5.74) is 1.14. The van der Waals surface area contributed by atoms with Crippen LogP contribution in [0.5, 0.6) is 11.5 Å². The van der Waals surface area contributed by atoms with Crippen LogP contribution in [0, 0.1) is 17.5 Å². The van der Waals surface area contributed by atoms with Gasteiger partial charge < -0.3 is 14.8 Å². The van der Waals surface area contributed by atoms with Crippen LogP contribution in [-0.4, -0.2) is 37.5 Å². The number of ether oxygens (including phenoxy) is 2. The van der Waals surface area contributed by atoms with Gasteiger partial charge in [-0.25, -0.2) is 31.1 Å². The number of esters is 1. The van der Waals surface area contributed by atoms with Gasteiger partial charge in [-0.2, -0.15) is 0 Å². The van der Waals surface area contributed by atoms with Crippen molar-refractivity contribution in [1.82, 2.24) is 14.7 Å². The standard InChI is InChI=1S/C31H23F3N4O5S/c1-42-31(39)19-7-23(14-24(8-19)43-25-12-20(32)11-21(33)13-25)37-30-28(44(40,41)38-22-4-5-22)16-36-27-10-18(9-26(34)29(27)30)17-3-2-6-35-15-17/h2-3,6-16,22,38H,4-5H2,1H3,(H,36,37). The van der Waals surface area contributed by atoms with E-state index in [9.17, 15) is 22.0 Å². The van der Waals surface area contributed by atoms with Gasteiger partial charge in [-0.3, -0.25) is 9.97 Å². The van der Waals surface area contributed by atoms with E-state index < -0.39 is 33.4 Å². The number of carbonyl (C=O) groups is 1. The lowest BCUT2D eigenvalue weighted by atomic mass is 10.0. The molecule has 44 heavy (non-hydrogen) atoms. The van der Waals surface area contributed by atoms with E-state index in [1.807, 2.05) is 0 Å². The number of anilines is 2. The summed E-state index contributed by atoms with van der Waals surface area (Å²) in [7, 11) is -3.02. The first-order valence-corrected chi connectivity index (χ1v) is 14.8. The number of nitrogens with one attached hydrogen (secondary N) is 2. The maximum Gasteiger partial charge on any atom is 0.338 e. The monoisotopic (exact) mass is 620 g/mol. The van der Waals surface area contributed by atoms with Crippen LogP contribution >= 0.6 is 0 Å². The van der Waals surface area contributed by atoms with Crippen molar-refractivity contribution >= 4 is 38.3 Å². The van der Waals surface area contributed by atoms with Crippen LogP contribution in [0.4, 0.5) is 24.5 Å². The van der Waals surface area contributed by atoms with Crippen LogP contribution in [0.25, 0.3) is 22.0 Å². The van der Waals surface area contributed by atoms with Gasteiger partial charge in [0, 0.05) is 60.1 Å². The zero-order valence-electron chi connectivity index (χ0n) is 23.0. The molecule has 0 atom stereocenters. The number of hydrogen-bond acceptors (Lipinski definition) is 8. The van der Waals surface area contributed by atoms with Gasteiger partial charge in [-0.15, -0.1) is 0 Å². The number of sulfonamides is 1. The average molecular weight is 621 g/mol. The summed E-state index contributed by atoms with van der Waals surface area (Å²) in [6.07, 6.45) is 5.58. The average Bonchev–Trinajstić information content (AvgIpc) is 3.79. The highest BCUT2D eigenvalue weighted by Gasteiger charge is 2.31. The van der Waals surface area contributed by atoms with E-state index in [0.29, 0.717) is 30.0 Å². The summed E-state index contributed by atoms with van der Waals surface area (Å²) < 4.78 is 83.5. The van der Waals surface area contributed by atoms with Crippen LogP contribution in [0.2, 0.25) is 0 Å². The van der Waals surface area contributed by atoms with Crippen LogP contribution in [-0.2, 0) is 14.8 Å². The molecule has 0 unspecified atom stereocenters. The third kappa shape index (κ3) is 6.19. The largest absolute Gasteiger partial charge is 0.465 e. The van der Waals surface area contributed by atoms with Gasteiger partial charge in [0.25, 0.3) is 0 Å². The number of nitrogens with zero attached hydrogens (tertiary/aromatic N) is 2. The molecular weight excluding hydrogens is 597 g/mol. The summed E-state index contributed by atoms with van der Waals surface area (Å²) in [5, 5.41) is 2.81. The molecule has 0 amide bonds. The number of hydrogen-bond donors (Lipinski definition) is 2. The number of carbonyl (C=O) groups excluding carboxylic acids is 1. The molecule has 1 aliphatic rings. The first kappa shape index (κ1) is 29.1. The Kier molecular flexibility index (Phi) is 7.66. The second-order valence-electron chi connectivity index (χ2n) is 10.1. The second kappa shape index (κ2) is 11.6. The van der Waals surface area contributed by atoms with Crippen molar-refractivity contribution in [3.05, 3.63) is 102 Å². The number of fused-ring (bicyclic) bond motifs is 1. The second-order valence-corrected chi connectivity index (χ2v) is 11.7. The van der Waals surface area contributed by atoms with Crippen molar-refractivity contribution in [2.45, 2.75) is 23.8 Å². The minimum Gasteiger partial charge on any atom is -0.465 e. The van der Waals surface area contributed by atoms with Crippen molar-refractivity contribution in [2.75, 3.05) is 12.4 Å². The molecule has 0 radical (unpaired) electrons. The molecule has 9 nitrogen and oxygen atoms in total. The zero-order chi connectivity index (χ0) is 31.0. The molecule has 6 rings (SSSR count). The molecule has 0 aliphatic heterocycles. The molecule has 0 bridgehead atoms. The van der Waals surface area contributed by atoms with Gasteiger partial charge in [0.05, 0.1) is 29.3 Å². The number of pyridine rings is 2. The highest BCUT2D eigenvalue weighted by atomic mass is 32.2. The number of rotatable bonds is 9. The Morgan fingerprint density at radius 2 is 1.68 bits per heavy atom. The van der Waals surface area contributed by atoms with E-state index in [0.717, 1.165) is 25.4 Å². The van der Waals surface area contributed by atoms with E-state index >= 15 is 4.39 Å². The topological polar surface area (TPSA) is 120 Å². The Labute approximate surface area is 249 Å². The maximum atomic E-state index is 16.0. The fourth-order valence-electron chi connectivity index (χ4n) is 4.60. The lowest BCUT2D eigenvalue weighted by Gasteiger charge is -2.18.